The standard InChI is InChI=1S/C19H23NO3S2/c1-3-14-12-15(4-2)19-18(13-14)24-17-9-6-5-8-16(17)20(19)10-7-11-25(21,22)23/h5-6,8-9,12-13H,3-4,7,10-11H2,1-2H3,(H,21,22,23). The van der Waals surface area contributed by atoms with Gasteiger partial charge in [0.15, 0.2) is 0 Å². The molecule has 0 radical (unpaired) electrons. The molecule has 0 saturated heterocycles. The van der Waals surface area contributed by atoms with Crippen LogP contribution in [0.5, 0.6) is 0 Å². The maximum Gasteiger partial charge on any atom is 0.264 e. The lowest BCUT2D eigenvalue weighted by atomic mass is 10.0. The van der Waals surface area contributed by atoms with Crippen LogP contribution < -0.4 is 4.90 Å². The van der Waals surface area contributed by atoms with Crippen LogP contribution in [0.1, 0.15) is 31.4 Å². The number of nitrogens with zero attached hydrogens (tertiary/aromatic N) is 1. The number of hydrogen-bond donors (Lipinski definition) is 1. The van der Waals surface area contributed by atoms with E-state index in [2.05, 4.69) is 43.0 Å². The Hall–Kier alpha value is -1.50. The predicted octanol–water partition coefficient (Wildman–Crippen LogP) is 4.69. The summed E-state index contributed by atoms with van der Waals surface area (Å²) in [5.74, 6) is -0.220. The minimum atomic E-state index is -3.94. The molecule has 25 heavy (non-hydrogen) atoms. The highest BCUT2D eigenvalue weighted by molar-refractivity contribution is 7.99. The summed E-state index contributed by atoms with van der Waals surface area (Å²) in [6, 6.07) is 12.7. The van der Waals surface area contributed by atoms with E-state index in [0.29, 0.717) is 13.0 Å². The van der Waals surface area contributed by atoms with E-state index in [9.17, 15) is 8.42 Å². The summed E-state index contributed by atoms with van der Waals surface area (Å²) in [7, 11) is -3.94. The molecule has 4 nitrogen and oxygen atoms in total. The first-order valence-electron chi connectivity index (χ1n) is 8.58. The fraction of sp³-hybridized carbons (Fsp3) is 0.368. The SMILES string of the molecule is CCc1cc(CC)c2c(c1)Sc1ccccc1N2CCCS(=O)(=O)O. The molecule has 134 valence electrons. The highest BCUT2D eigenvalue weighted by Crippen LogP contribution is 2.50. The van der Waals surface area contributed by atoms with Crippen LogP contribution >= 0.6 is 11.8 Å². The number of rotatable bonds is 6. The van der Waals surface area contributed by atoms with Crippen molar-refractivity contribution in [2.24, 2.45) is 0 Å². The molecule has 6 heteroatoms. The predicted molar refractivity (Wildman–Crippen MR) is 104 cm³/mol. The third-order valence-corrected chi connectivity index (χ3v) is 6.33. The first kappa shape index (κ1) is 18.3. The Morgan fingerprint density at radius 2 is 1.84 bits per heavy atom. The minimum absolute atomic E-state index is 0.220. The molecule has 0 aliphatic carbocycles. The summed E-state index contributed by atoms with van der Waals surface area (Å²) < 4.78 is 31.3. The fourth-order valence-corrected chi connectivity index (χ4v) is 4.94. The third kappa shape index (κ3) is 4.02. The molecule has 2 aromatic rings. The first-order chi connectivity index (χ1) is 11.9. The summed E-state index contributed by atoms with van der Waals surface area (Å²) in [5.41, 5.74) is 4.89. The van der Waals surface area contributed by atoms with E-state index < -0.39 is 10.1 Å². The summed E-state index contributed by atoms with van der Waals surface area (Å²) in [4.78, 5) is 4.61. The zero-order valence-corrected chi connectivity index (χ0v) is 16.2. The van der Waals surface area contributed by atoms with Crippen LogP contribution in [0, 0.1) is 0 Å². The van der Waals surface area contributed by atoms with Crippen molar-refractivity contribution in [3.63, 3.8) is 0 Å². The zero-order valence-electron chi connectivity index (χ0n) is 14.5. The van der Waals surface area contributed by atoms with Gasteiger partial charge < -0.3 is 4.90 Å². The van der Waals surface area contributed by atoms with Gasteiger partial charge >= 0.3 is 0 Å². The van der Waals surface area contributed by atoms with Gasteiger partial charge in [0.25, 0.3) is 10.1 Å². The Labute approximate surface area is 154 Å². The molecule has 0 spiro atoms. The summed E-state index contributed by atoms with van der Waals surface area (Å²) in [5, 5.41) is 0. The van der Waals surface area contributed by atoms with Crippen molar-refractivity contribution >= 4 is 33.3 Å². The Kier molecular flexibility index (Phi) is 5.41. The second kappa shape index (κ2) is 7.40. The van der Waals surface area contributed by atoms with Crippen LogP contribution in [0.25, 0.3) is 0 Å². The van der Waals surface area contributed by atoms with E-state index >= 15 is 0 Å². The molecule has 0 aromatic heterocycles. The van der Waals surface area contributed by atoms with Gasteiger partial charge in [0.05, 0.1) is 17.1 Å². The van der Waals surface area contributed by atoms with E-state index in [1.807, 2.05) is 12.1 Å². The average molecular weight is 378 g/mol. The Morgan fingerprint density at radius 1 is 1.08 bits per heavy atom. The number of fused-ring (bicyclic) bond motifs is 2. The molecule has 1 heterocycles. The smallest absolute Gasteiger partial charge is 0.264 e. The van der Waals surface area contributed by atoms with E-state index in [4.69, 9.17) is 4.55 Å². The van der Waals surface area contributed by atoms with Crippen LogP contribution in [-0.2, 0) is 23.0 Å². The van der Waals surface area contributed by atoms with Gasteiger partial charge in [-0.2, -0.15) is 8.42 Å². The highest BCUT2D eigenvalue weighted by Gasteiger charge is 2.26. The van der Waals surface area contributed by atoms with Crippen molar-refractivity contribution in [3.05, 3.63) is 47.5 Å². The van der Waals surface area contributed by atoms with E-state index in [-0.39, 0.29) is 5.75 Å². The molecule has 0 unspecified atom stereocenters. The van der Waals surface area contributed by atoms with E-state index in [1.165, 1.54) is 26.6 Å². The second-order valence-electron chi connectivity index (χ2n) is 6.17. The Morgan fingerprint density at radius 3 is 2.52 bits per heavy atom. The van der Waals surface area contributed by atoms with Gasteiger partial charge in [-0.3, -0.25) is 4.55 Å². The van der Waals surface area contributed by atoms with Crippen molar-refractivity contribution < 1.29 is 13.0 Å². The van der Waals surface area contributed by atoms with Crippen molar-refractivity contribution in [2.75, 3.05) is 17.2 Å². The van der Waals surface area contributed by atoms with Crippen molar-refractivity contribution in [1.29, 1.82) is 0 Å². The molecule has 1 aliphatic heterocycles. The molecule has 0 bridgehead atoms. The molecule has 0 amide bonds. The molecule has 0 saturated carbocycles. The average Bonchev–Trinajstić information content (AvgIpc) is 2.58. The first-order valence-corrected chi connectivity index (χ1v) is 11.0. The number of anilines is 2. The largest absolute Gasteiger partial charge is 0.339 e. The lowest BCUT2D eigenvalue weighted by molar-refractivity contribution is 0.481. The van der Waals surface area contributed by atoms with Gasteiger partial charge in [-0.25, -0.2) is 0 Å². The normalized spacial score (nSPS) is 13.5. The maximum absolute atomic E-state index is 11.1. The third-order valence-electron chi connectivity index (χ3n) is 4.43. The van der Waals surface area contributed by atoms with Crippen LogP contribution in [-0.4, -0.2) is 25.3 Å². The van der Waals surface area contributed by atoms with Crippen LogP contribution in [0.15, 0.2) is 46.2 Å². The molecule has 3 rings (SSSR count). The van der Waals surface area contributed by atoms with Gasteiger partial charge in [0.2, 0.25) is 0 Å². The molecule has 1 N–H and O–H groups in total. The van der Waals surface area contributed by atoms with Crippen LogP contribution in [0.2, 0.25) is 0 Å². The number of para-hydroxylation sites is 1. The number of aryl methyl sites for hydroxylation is 2. The Balaban J connectivity index is 2.04. The maximum atomic E-state index is 11.1. The quantitative estimate of drug-likeness (QED) is 0.740. The van der Waals surface area contributed by atoms with Gasteiger partial charge in [-0.1, -0.05) is 43.8 Å². The molecule has 0 fully saturated rings. The molecule has 1 aliphatic rings. The van der Waals surface area contributed by atoms with Gasteiger partial charge in [0, 0.05) is 16.3 Å². The van der Waals surface area contributed by atoms with Gasteiger partial charge in [0.1, 0.15) is 0 Å². The second-order valence-corrected chi connectivity index (χ2v) is 8.83. The van der Waals surface area contributed by atoms with Crippen molar-refractivity contribution in [2.45, 2.75) is 42.9 Å². The fourth-order valence-electron chi connectivity index (χ4n) is 3.23. The molecular formula is C19H23NO3S2. The van der Waals surface area contributed by atoms with Crippen LogP contribution in [0.4, 0.5) is 11.4 Å². The summed E-state index contributed by atoms with van der Waals surface area (Å²) in [6.07, 6.45) is 2.30. The lowest BCUT2D eigenvalue weighted by Gasteiger charge is -2.35. The van der Waals surface area contributed by atoms with E-state index in [0.717, 1.165) is 18.5 Å². The molecular weight excluding hydrogens is 354 g/mol. The highest BCUT2D eigenvalue weighted by atomic mass is 32.2. The zero-order chi connectivity index (χ0) is 18.0. The molecule has 0 atom stereocenters. The minimum Gasteiger partial charge on any atom is -0.339 e. The van der Waals surface area contributed by atoms with Crippen molar-refractivity contribution in [1.82, 2.24) is 0 Å². The summed E-state index contributed by atoms with van der Waals surface area (Å²) in [6.45, 7) is 4.87. The van der Waals surface area contributed by atoms with Gasteiger partial charge in [-0.05, 0) is 48.6 Å². The van der Waals surface area contributed by atoms with Gasteiger partial charge in [-0.15, -0.1) is 0 Å². The lowest BCUT2D eigenvalue weighted by Crippen LogP contribution is -2.25. The molecule has 2 aromatic carbocycles. The van der Waals surface area contributed by atoms with Crippen LogP contribution in [0.3, 0.4) is 0 Å². The summed E-state index contributed by atoms with van der Waals surface area (Å²) >= 11 is 1.78. The Bertz CT molecular complexity index is 878. The van der Waals surface area contributed by atoms with E-state index in [1.54, 1.807) is 11.8 Å². The van der Waals surface area contributed by atoms with Crippen molar-refractivity contribution in [3.8, 4) is 0 Å². The topological polar surface area (TPSA) is 57.6 Å². The monoisotopic (exact) mass is 377 g/mol. The number of benzene rings is 2. The number of hydrogen-bond acceptors (Lipinski definition) is 4.